The van der Waals surface area contributed by atoms with Gasteiger partial charge in [0, 0.05) is 7.05 Å². The molecule has 0 saturated heterocycles. The molecule has 0 aliphatic rings. The van der Waals surface area contributed by atoms with E-state index in [1.165, 1.54) is 7.05 Å². The molecule has 0 bridgehead atoms. The van der Waals surface area contributed by atoms with Crippen molar-refractivity contribution in [2.75, 3.05) is 18.6 Å². The van der Waals surface area contributed by atoms with E-state index in [1.807, 2.05) is 0 Å². The quantitative estimate of drug-likeness (QED) is 0.477. The van der Waals surface area contributed by atoms with Crippen molar-refractivity contribution in [3.8, 4) is 0 Å². The summed E-state index contributed by atoms with van der Waals surface area (Å²) in [6.45, 7) is 0. The molecule has 0 spiro atoms. The standard InChI is InChI=1S/C3H12N2O4S2/c1-5-11(8,9)3-2-10(4,6)7/h5,8-9H,2-3H2,1H3,(H2,4,6,7). The summed E-state index contributed by atoms with van der Waals surface area (Å²) in [5.74, 6) is -0.710. The Hall–Kier alpha value is 0.140. The van der Waals surface area contributed by atoms with Crippen LogP contribution in [0.1, 0.15) is 0 Å². The van der Waals surface area contributed by atoms with Gasteiger partial charge in [0.1, 0.15) is 0 Å². The third-order valence-corrected chi connectivity index (χ3v) is 3.44. The molecule has 0 aromatic heterocycles. The van der Waals surface area contributed by atoms with Gasteiger partial charge in [-0.25, -0.2) is 18.3 Å². The normalized spacial score (nSPS) is 14.9. The van der Waals surface area contributed by atoms with Gasteiger partial charge in [0.2, 0.25) is 10.0 Å². The first-order valence-electron chi connectivity index (χ1n) is 2.72. The molecule has 0 atom stereocenters. The Morgan fingerprint density at radius 2 is 1.82 bits per heavy atom. The maximum absolute atomic E-state index is 10.3. The minimum Gasteiger partial charge on any atom is -0.286 e. The van der Waals surface area contributed by atoms with Crippen LogP contribution in [0.2, 0.25) is 0 Å². The van der Waals surface area contributed by atoms with Gasteiger partial charge in [0.05, 0.1) is 11.5 Å². The van der Waals surface area contributed by atoms with E-state index in [-0.39, 0.29) is 5.75 Å². The minimum atomic E-state index is -3.61. The number of nitrogens with two attached hydrogens (primary N) is 1. The first-order valence-corrected chi connectivity index (χ1v) is 6.15. The summed E-state index contributed by atoms with van der Waals surface area (Å²) in [5.41, 5.74) is 0. The molecule has 11 heavy (non-hydrogen) atoms. The number of sulfonamides is 1. The Labute approximate surface area is 67.3 Å². The monoisotopic (exact) mass is 204 g/mol. The lowest BCUT2D eigenvalue weighted by molar-refractivity contribution is 0.477. The molecule has 0 radical (unpaired) electrons. The Balaban J connectivity index is 3.90. The highest BCUT2D eigenvalue weighted by atomic mass is 32.3. The van der Waals surface area contributed by atoms with Crippen LogP contribution >= 0.6 is 10.8 Å². The first kappa shape index (κ1) is 11.1. The fourth-order valence-corrected chi connectivity index (χ4v) is 2.40. The largest absolute Gasteiger partial charge is 0.286 e. The van der Waals surface area contributed by atoms with Crippen molar-refractivity contribution in [1.82, 2.24) is 4.72 Å². The summed E-state index contributed by atoms with van der Waals surface area (Å²) in [4.78, 5) is 0. The number of nitrogens with one attached hydrogen (secondary N) is 1. The molecular weight excluding hydrogens is 192 g/mol. The lowest BCUT2D eigenvalue weighted by Crippen LogP contribution is -2.26. The average molecular weight is 204 g/mol. The molecule has 8 heteroatoms. The molecule has 0 amide bonds. The molecular formula is C3H12N2O4S2. The van der Waals surface area contributed by atoms with E-state index in [1.54, 1.807) is 0 Å². The van der Waals surface area contributed by atoms with E-state index in [0.29, 0.717) is 0 Å². The molecule has 0 fully saturated rings. The van der Waals surface area contributed by atoms with E-state index < -0.39 is 26.6 Å². The van der Waals surface area contributed by atoms with Gasteiger partial charge in [-0.05, 0) is 0 Å². The van der Waals surface area contributed by atoms with Crippen LogP contribution in [0.3, 0.4) is 0 Å². The second-order valence-electron chi connectivity index (χ2n) is 1.94. The summed E-state index contributed by atoms with van der Waals surface area (Å²) >= 11 is 0. The molecule has 0 saturated carbocycles. The van der Waals surface area contributed by atoms with Gasteiger partial charge in [-0.1, -0.05) is 0 Å². The number of hydrogen-bond donors (Lipinski definition) is 4. The number of primary sulfonamides is 1. The Bertz CT molecular complexity index is 211. The van der Waals surface area contributed by atoms with Gasteiger partial charge in [-0.3, -0.25) is 9.11 Å². The average Bonchev–Trinajstić information content (AvgIpc) is 1.83. The maximum atomic E-state index is 10.3. The zero-order valence-corrected chi connectivity index (χ0v) is 7.65. The van der Waals surface area contributed by atoms with Gasteiger partial charge in [0.15, 0.2) is 0 Å². The van der Waals surface area contributed by atoms with Crippen LogP contribution in [-0.2, 0) is 10.0 Å². The van der Waals surface area contributed by atoms with Crippen LogP contribution in [0.15, 0.2) is 0 Å². The Morgan fingerprint density at radius 3 is 2.09 bits per heavy atom. The van der Waals surface area contributed by atoms with E-state index in [4.69, 9.17) is 9.11 Å². The van der Waals surface area contributed by atoms with Crippen LogP contribution in [0.5, 0.6) is 0 Å². The topological polar surface area (TPSA) is 113 Å². The van der Waals surface area contributed by atoms with Gasteiger partial charge < -0.3 is 0 Å². The second kappa shape index (κ2) is 3.70. The highest BCUT2D eigenvalue weighted by Crippen LogP contribution is 2.31. The highest BCUT2D eigenvalue weighted by molar-refractivity contribution is 8.22. The van der Waals surface area contributed by atoms with Crippen molar-refractivity contribution in [3.63, 3.8) is 0 Å². The van der Waals surface area contributed by atoms with Crippen LogP contribution in [0.4, 0.5) is 0 Å². The van der Waals surface area contributed by atoms with Crippen LogP contribution < -0.4 is 9.86 Å². The van der Waals surface area contributed by atoms with Crippen molar-refractivity contribution in [2.24, 2.45) is 5.14 Å². The molecule has 0 aliphatic carbocycles. The van der Waals surface area contributed by atoms with Gasteiger partial charge >= 0.3 is 0 Å². The highest BCUT2D eigenvalue weighted by Gasteiger charge is 2.12. The fraction of sp³-hybridized carbons (Fsp3) is 1.00. The molecule has 0 rings (SSSR count). The van der Waals surface area contributed by atoms with E-state index in [9.17, 15) is 8.42 Å². The molecule has 6 nitrogen and oxygen atoms in total. The number of rotatable bonds is 4. The lowest BCUT2D eigenvalue weighted by atomic mass is 11.0. The molecule has 70 valence electrons. The number of hydrogen-bond acceptors (Lipinski definition) is 5. The minimum absolute atomic E-state index is 0.275. The van der Waals surface area contributed by atoms with E-state index in [2.05, 4.69) is 9.86 Å². The van der Waals surface area contributed by atoms with Gasteiger partial charge in [-0.2, -0.15) is 0 Å². The van der Waals surface area contributed by atoms with Gasteiger partial charge in [0.25, 0.3) is 0 Å². The van der Waals surface area contributed by atoms with Crippen LogP contribution in [-0.4, -0.2) is 36.1 Å². The summed E-state index contributed by atoms with van der Waals surface area (Å²) < 4.78 is 40.6. The zero-order chi connectivity index (χ0) is 9.12. The van der Waals surface area contributed by atoms with Crippen molar-refractivity contribution < 1.29 is 17.5 Å². The fourth-order valence-electron chi connectivity index (χ4n) is 0.334. The Kier molecular flexibility index (Phi) is 3.74. The summed E-state index contributed by atoms with van der Waals surface area (Å²) in [6.07, 6.45) is 0. The van der Waals surface area contributed by atoms with Crippen molar-refractivity contribution >= 4 is 20.8 Å². The summed E-state index contributed by atoms with van der Waals surface area (Å²) in [6, 6.07) is 0. The second-order valence-corrected chi connectivity index (χ2v) is 5.83. The van der Waals surface area contributed by atoms with E-state index >= 15 is 0 Å². The summed E-state index contributed by atoms with van der Waals surface area (Å²) in [5, 5.41) is 4.63. The van der Waals surface area contributed by atoms with Crippen LogP contribution in [0.25, 0.3) is 0 Å². The maximum Gasteiger partial charge on any atom is 0.210 e. The third kappa shape index (κ3) is 6.53. The lowest BCUT2D eigenvalue weighted by Gasteiger charge is -2.30. The summed E-state index contributed by atoms with van der Waals surface area (Å²) in [7, 11) is -5.24. The molecule has 0 aliphatic heterocycles. The van der Waals surface area contributed by atoms with E-state index in [0.717, 1.165) is 0 Å². The molecule has 5 N–H and O–H groups in total. The molecule has 0 unspecified atom stereocenters. The molecule has 0 aromatic rings. The Morgan fingerprint density at radius 1 is 1.36 bits per heavy atom. The molecule has 0 aromatic carbocycles. The van der Waals surface area contributed by atoms with Crippen molar-refractivity contribution in [3.05, 3.63) is 0 Å². The van der Waals surface area contributed by atoms with Crippen molar-refractivity contribution in [1.29, 1.82) is 0 Å². The smallest absolute Gasteiger partial charge is 0.210 e. The SMILES string of the molecule is CNS(O)(O)CCS(N)(=O)=O. The predicted molar refractivity (Wildman–Crippen MR) is 44.7 cm³/mol. The predicted octanol–water partition coefficient (Wildman–Crippen LogP) is -0.840. The van der Waals surface area contributed by atoms with Crippen LogP contribution in [0, 0.1) is 0 Å². The van der Waals surface area contributed by atoms with Crippen molar-refractivity contribution in [2.45, 2.75) is 0 Å². The molecule has 0 heterocycles. The first-order chi connectivity index (χ1) is 4.77. The zero-order valence-electron chi connectivity index (χ0n) is 6.02. The third-order valence-electron chi connectivity index (χ3n) is 0.979. The van der Waals surface area contributed by atoms with Gasteiger partial charge in [-0.15, -0.1) is 10.8 Å².